The smallest absolute Gasteiger partial charge is 0.352 e. The van der Waals surface area contributed by atoms with Gasteiger partial charge in [0.2, 0.25) is 0 Å². The first-order valence-corrected chi connectivity index (χ1v) is 10.3. The van der Waals surface area contributed by atoms with Crippen LogP contribution in [0.5, 0.6) is 5.75 Å². The molecule has 138 valence electrons. The van der Waals surface area contributed by atoms with Crippen LogP contribution in [-0.2, 0) is 14.4 Å². The number of ether oxygens (including phenoxy) is 1. The van der Waals surface area contributed by atoms with Crippen LogP contribution in [0.1, 0.15) is 0 Å². The molecule has 2 atom stereocenters. The van der Waals surface area contributed by atoms with Gasteiger partial charge in [-0.25, -0.2) is 4.79 Å². The Labute approximate surface area is 159 Å². The molecule has 1 fully saturated rings. The van der Waals surface area contributed by atoms with E-state index in [2.05, 4.69) is 5.32 Å². The Morgan fingerprint density at radius 2 is 2.12 bits per heavy atom. The van der Waals surface area contributed by atoms with Gasteiger partial charge in [-0.05, 0) is 24.0 Å². The van der Waals surface area contributed by atoms with Gasteiger partial charge in [0.1, 0.15) is 22.9 Å². The Hall–Kier alpha value is -2.13. The minimum absolute atomic E-state index is 0.0548. The normalized spacial score (nSPS) is 21.7. The summed E-state index contributed by atoms with van der Waals surface area (Å²) >= 11 is 2.98. The number of para-hydroxylation sites is 1. The topological polar surface area (TPSA) is 95.9 Å². The highest BCUT2D eigenvalue weighted by atomic mass is 32.2. The summed E-state index contributed by atoms with van der Waals surface area (Å²) in [4.78, 5) is 37.4. The predicted molar refractivity (Wildman–Crippen MR) is 100 cm³/mol. The molecule has 9 heteroatoms. The first-order valence-electron chi connectivity index (χ1n) is 7.89. The Morgan fingerprint density at radius 3 is 2.77 bits per heavy atom. The number of carboxylic acid groups (broad SMARTS) is 1. The van der Waals surface area contributed by atoms with E-state index in [9.17, 15) is 19.5 Å². The van der Waals surface area contributed by atoms with E-state index in [-0.39, 0.29) is 17.7 Å². The van der Waals surface area contributed by atoms with Gasteiger partial charge in [-0.3, -0.25) is 14.5 Å². The molecule has 7 nitrogen and oxygen atoms in total. The Bertz CT molecular complexity index is 753. The highest BCUT2D eigenvalue weighted by Gasteiger charge is 2.54. The van der Waals surface area contributed by atoms with Gasteiger partial charge in [0.25, 0.3) is 11.8 Å². The molecule has 2 heterocycles. The van der Waals surface area contributed by atoms with E-state index < -0.39 is 23.8 Å². The van der Waals surface area contributed by atoms with E-state index in [1.54, 1.807) is 24.3 Å². The number of aliphatic carboxylic acids is 1. The van der Waals surface area contributed by atoms with Crippen LogP contribution in [0, 0.1) is 0 Å². The number of hydrogen-bond donors (Lipinski definition) is 2. The van der Waals surface area contributed by atoms with Crippen molar-refractivity contribution in [2.24, 2.45) is 0 Å². The van der Waals surface area contributed by atoms with Crippen LogP contribution < -0.4 is 10.1 Å². The van der Waals surface area contributed by atoms with E-state index in [1.807, 2.05) is 12.3 Å². The van der Waals surface area contributed by atoms with Crippen LogP contribution in [0.2, 0.25) is 0 Å². The number of carbonyl (C=O) groups excluding carboxylic acids is 2. The van der Waals surface area contributed by atoms with E-state index in [4.69, 9.17) is 4.74 Å². The lowest BCUT2D eigenvalue weighted by molar-refractivity contribution is -0.150. The number of benzene rings is 1. The summed E-state index contributed by atoms with van der Waals surface area (Å²) in [5, 5.41) is 11.7. The number of hydrogen-bond acceptors (Lipinski definition) is 6. The molecule has 3 rings (SSSR count). The molecule has 0 spiro atoms. The van der Waals surface area contributed by atoms with Gasteiger partial charge < -0.3 is 15.2 Å². The summed E-state index contributed by atoms with van der Waals surface area (Å²) in [6.07, 6.45) is 1.89. The van der Waals surface area contributed by atoms with Gasteiger partial charge in [-0.1, -0.05) is 18.2 Å². The van der Waals surface area contributed by atoms with Crippen LogP contribution in [-0.4, -0.2) is 63.6 Å². The number of nitrogens with one attached hydrogen (secondary N) is 1. The Morgan fingerprint density at radius 1 is 1.38 bits per heavy atom. The number of amides is 2. The first-order chi connectivity index (χ1) is 12.5. The fraction of sp³-hybridized carbons (Fsp3) is 0.353. The molecule has 2 aliphatic heterocycles. The number of β-lactam (4-membered cyclic amide) rings is 1. The maximum Gasteiger partial charge on any atom is 0.352 e. The molecule has 0 saturated carbocycles. The van der Waals surface area contributed by atoms with Gasteiger partial charge in [-0.15, -0.1) is 11.8 Å². The van der Waals surface area contributed by atoms with Crippen molar-refractivity contribution in [3.63, 3.8) is 0 Å². The molecule has 2 amide bonds. The summed E-state index contributed by atoms with van der Waals surface area (Å²) in [5.41, 5.74) is 0.788. The maximum atomic E-state index is 12.4. The number of fused-ring (bicyclic) bond motifs is 1. The van der Waals surface area contributed by atoms with E-state index in [1.165, 1.54) is 28.4 Å². The molecule has 26 heavy (non-hydrogen) atoms. The van der Waals surface area contributed by atoms with E-state index in [0.29, 0.717) is 17.3 Å². The third-order valence-corrected chi connectivity index (χ3v) is 5.97. The summed E-state index contributed by atoms with van der Waals surface area (Å²) in [5.74, 6) is -0.259. The van der Waals surface area contributed by atoms with Gasteiger partial charge in [0.15, 0.2) is 6.61 Å². The van der Waals surface area contributed by atoms with Gasteiger partial charge in [-0.2, -0.15) is 11.8 Å². The zero-order valence-electron chi connectivity index (χ0n) is 14.0. The maximum absolute atomic E-state index is 12.4. The average molecular weight is 394 g/mol. The second-order valence-corrected chi connectivity index (χ2v) is 7.72. The average Bonchev–Trinajstić information content (AvgIpc) is 2.65. The standard InChI is InChI=1S/C17H18N2O5S2/c1-25-8-10-9-26-16-13(15(21)19(16)14(10)17(22)23)18-12(20)7-24-11-5-3-2-4-6-11/h2-6,13,16H,7-9H2,1H3,(H,18,20)(H,22,23)/t13?,16-/m1/s1. The summed E-state index contributed by atoms with van der Waals surface area (Å²) in [7, 11) is 0. The summed E-state index contributed by atoms with van der Waals surface area (Å²) in [6.45, 7) is -0.204. The fourth-order valence-electron chi connectivity index (χ4n) is 2.85. The van der Waals surface area contributed by atoms with Gasteiger partial charge in [0, 0.05) is 11.5 Å². The van der Waals surface area contributed by atoms with E-state index >= 15 is 0 Å². The highest BCUT2D eigenvalue weighted by Crippen LogP contribution is 2.40. The lowest BCUT2D eigenvalue weighted by Crippen LogP contribution is -2.70. The van der Waals surface area contributed by atoms with Crippen molar-refractivity contribution in [3.8, 4) is 5.75 Å². The number of rotatable bonds is 7. The minimum Gasteiger partial charge on any atom is -0.484 e. The lowest BCUT2D eigenvalue weighted by Gasteiger charge is -2.49. The number of carbonyl (C=O) groups is 3. The Balaban J connectivity index is 1.61. The third-order valence-electron chi connectivity index (χ3n) is 4.00. The molecule has 1 saturated heterocycles. The number of nitrogens with zero attached hydrogens (tertiary/aromatic N) is 1. The van der Waals surface area contributed by atoms with Crippen molar-refractivity contribution in [1.82, 2.24) is 10.2 Å². The molecule has 0 aliphatic carbocycles. The van der Waals surface area contributed by atoms with Crippen molar-refractivity contribution in [1.29, 1.82) is 0 Å². The number of thioether (sulfide) groups is 2. The van der Waals surface area contributed by atoms with Crippen molar-refractivity contribution < 1.29 is 24.2 Å². The molecule has 0 aromatic heterocycles. The first kappa shape index (κ1) is 18.7. The summed E-state index contributed by atoms with van der Waals surface area (Å²) in [6, 6.07) is 8.18. The van der Waals surface area contributed by atoms with Crippen LogP contribution in [0.3, 0.4) is 0 Å². The largest absolute Gasteiger partial charge is 0.484 e. The molecular formula is C17H18N2O5S2. The lowest BCUT2D eigenvalue weighted by atomic mass is 10.0. The zero-order chi connectivity index (χ0) is 18.7. The van der Waals surface area contributed by atoms with Crippen molar-refractivity contribution in [3.05, 3.63) is 41.6 Å². The molecule has 2 aliphatic rings. The second-order valence-electron chi connectivity index (χ2n) is 5.75. The van der Waals surface area contributed by atoms with Crippen molar-refractivity contribution in [2.75, 3.05) is 24.4 Å². The third kappa shape index (κ3) is 3.68. The Kier molecular flexibility index (Phi) is 5.77. The van der Waals surface area contributed by atoms with Crippen molar-refractivity contribution >= 4 is 41.3 Å². The summed E-state index contributed by atoms with van der Waals surface area (Å²) < 4.78 is 5.37. The fourth-order valence-corrected chi connectivity index (χ4v) is 4.91. The molecule has 1 unspecified atom stereocenters. The SMILES string of the molecule is CSCC1=C(C(=O)O)N2C(=O)C(NC(=O)COc3ccccc3)[C@H]2SC1. The van der Waals surface area contributed by atoms with Crippen LogP contribution >= 0.6 is 23.5 Å². The minimum atomic E-state index is -1.11. The van der Waals surface area contributed by atoms with E-state index in [0.717, 1.165) is 5.57 Å². The van der Waals surface area contributed by atoms with Crippen molar-refractivity contribution in [2.45, 2.75) is 11.4 Å². The number of carboxylic acids is 1. The molecule has 2 N–H and O–H groups in total. The highest BCUT2D eigenvalue weighted by molar-refractivity contribution is 8.00. The van der Waals surface area contributed by atoms with Crippen LogP contribution in [0.15, 0.2) is 41.6 Å². The van der Waals surface area contributed by atoms with Crippen LogP contribution in [0.4, 0.5) is 0 Å². The molecule has 1 aromatic carbocycles. The van der Waals surface area contributed by atoms with Gasteiger partial charge in [0.05, 0.1) is 0 Å². The van der Waals surface area contributed by atoms with Crippen LogP contribution in [0.25, 0.3) is 0 Å². The molecular weight excluding hydrogens is 376 g/mol. The quantitative estimate of drug-likeness (QED) is 0.670. The second kappa shape index (κ2) is 8.05. The molecule has 0 bridgehead atoms. The molecule has 1 aromatic rings. The monoisotopic (exact) mass is 394 g/mol. The zero-order valence-corrected chi connectivity index (χ0v) is 15.6. The van der Waals surface area contributed by atoms with Gasteiger partial charge >= 0.3 is 5.97 Å². The molecule has 0 radical (unpaired) electrons. The predicted octanol–water partition coefficient (Wildman–Crippen LogP) is 1.17.